The number of fused-ring (bicyclic) bond motifs is 5. The van der Waals surface area contributed by atoms with Crippen LogP contribution in [-0.2, 0) is 9.47 Å². The van der Waals surface area contributed by atoms with E-state index in [1.807, 2.05) is 0 Å². The molecule has 1 aliphatic carbocycles. The SMILES string of the molecule is CCC[C@@H]1C2=C3CC(O)=C4C3=NC(=C4C)C=C3N=C(C=C4N=C(C=C(N2)[C@H]1C)C(C)=C4CC)C(C)=C3CC.COCOC(=O)NCCCCCCCN. The fourth-order valence-corrected chi connectivity index (χ4v) is 8.07. The maximum absolute atomic E-state index is 11.1. The van der Waals surface area contributed by atoms with Gasteiger partial charge in [0.15, 0.2) is 6.79 Å². The van der Waals surface area contributed by atoms with Gasteiger partial charge in [0.25, 0.3) is 0 Å². The minimum absolute atomic E-state index is 0.00231. The molecule has 53 heavy (non-hydrogen) atoms. The van der Waals surface area contributed by atoms with Crippen molar-refractivity contribution in [3.63, 3.8) is 0 Å². The van der Waals surface area contributed by atoms with Crippen LogP contribution in [0.4, 0.5) is 4.79 Å². The number of amides is 1. The van der Waals surface area contributed by atoms with Crippen molar-refractivity contribution in [1.29, 1.82) is 0 Å². The first-order chi connectivity index (χ1) is 25.6. The predicted molar refractivity (Wildman–Crippen MR) is 216 cm³/mol. The number of allylic oxidation sites excluding steroid dienone is 12. The molecule has 0 aromatic rings. The average Bonchev–Trinajstić information content (AvgIpc) is 3.90. The van der Waals surface area contributed by atoms with E-state index in [1.165, 1.54) is 53.6 Å². The lowest BCUT2D eigenvalue weighted by Crippen LogP contribution is -2.25. The van der Waals surface area contributed by atoms with Crippen molar-refractivity contribution in [2.24, 2.45) is 32.5 Å². The van der Waals surface area contributed by atoms with Crippen molar-refractivity contribution < 1.29 is 19.4 Å². The minimum Gasteiger partial charge on any atom is -0.511 e. The summed E-state index contributed by atoms with van der Waals surface area (Å²) in [5, 5.41) is 17.6. The molecule has 5 heterocycles. The molecule has 5 N–H and O–H groups in total. The summed E-state index contributed by atoms with van der Waals surface area (Å²) in [5.41, 5.74) is 21.7. The van der Waals surface area contributed by atoms with Gasteiger partial charge < -0.3 is 30.9 Å². The zero-order valence-electron chi connectivity index (χ0n) is 33.2. The van der Waals surface area contributed by atoms with E-state index in [1.54, 1.807) is 0 Å². The Morgan fingerprint density at radius 3 is 2.21 bits per heavy atom. The number of rotatable bonds is 13. The fraction of sp³-hybridized carbons (Fsp3) is 0.535. The van der Waals surface area contributed by atoms with E-state index in [2.05, 4.69) is 86.8 Å². The highest BCUT2D eigenvalue weighted by atomic mass is 16.7. The third-order valence-corrected chi connectivity index (χ3v) is 11.1. The number of alkyl carbamates (subject to hydrolysis) is 1. The quantitative estimate of drug-likeness (QED) is 0.110. The Balaban J connectivity index is 0.000000307. The van der Waals surface area contributed by atoms with Gasteiger partial charge in [0.2, 0.25) is 0 Å². The second-order valence-electron chi connectivity index (χ2n) is 14.6. The summed E-state index contributed by atoms with van der Waals surface area (Å²) in [5.74, 6) is 1.13. The van der Waals surface area contributed by atoms with E-state index in [9.17, 15) is 9.90 Å². The molecule has 8 bridgehead atoms. The highest BCUT2D eigenvalue weighted by molar-refractivity contribution is 6.21. The van der Waals surface area contributed by atoms with Gasteiger partial charge >= 0.3 is 6.09 Å². The molecule has 0 aromatic heterocycles. The van der Waals surface area contributed by atoms with Gasteiger partial charge in [0.1, 0.15) is 5.76 Å². The summed E-state index contributed by atoms with van der Waals surface area (Å²) in [6.45, 7) is 16.8. The summed E-state index contributed by atoms with van der Waals surface area (Å²) < 4.78 is 9.24. The molecule has 1 amide bonds. The van der Waals surface area contributed by atoms with Crippen molar-refractivity contribution in [1.82, 2.24) is 10.6 Å². The molecule has 0 aromatic carbocycles. The van der Waals surface area contributed by atoms with Crippen molar-refractivity contribution in [3.05, 3.63) is 91.5 Å². The van der Waals surface area contributed by atoms with Gasteiger partial charge in [-0.1, -0.05) is 53.4 Å². The van der Waals surface area contributed by atoms with Gasteiger partial charge in [0.05, 0.1) is 34.2 Å². The lowest BCUT2D eigenvalue weighted by atomic mass is 9.86. The van der Waals surface area contributed by atoms with E-state index in [0.29, 0.717) is 30.6 Å². The van der Waals surface area contributed by atoms with Crippen LogP contribution in [0.2, 0.25) is 0 Å². The molecule has 2 atom stereocenters. The van der Waals surface area contributed by atoms with Crippen molar-refractivity contribution in [2.45, 2.75) is 113 Å². The van der Waals surface area contributed by atoms with Gasteiger partial charge in [-0.3, -0.25) is 0 Å². The number of aliphatic imine (C=N–C) groups is 3. The molecule has 6 aliphatic rings. The molecular weight excluding hydrogens is 665 g/mol. The summed E-state index contributed by atoms with van der Waals surface area (Å²) in [7, 11) is 1.48. The van der Waals surface area contributed by atoms with Crippen LogP contribution in [0, 0.1) is 11.8 Å². The van der Waals surface area contributed by atoms with Crippen LogP contribution in [0.25, 0.3) is 0 Å². The molecule has 0 unspecified atom stereocenters. The van der Waals surface area contributed by atoms with E-state index < -0.39 is 6.09 Å². The van der Waals surface area contributed by atoms with Gasteiger partial charge in [-0.15, -0.1) is 0 Å². The van der Waals surface area contributed by atoms with E-state index >= 15 is 0 Å². The molecule has 10 nitrogen and oxygen atoms in total. The normalized spacial score (nSPS) is 21.7. The number of nitrogens with zero attached hydrogens (tertiary/aromatic N) is 3. The molecule has 1 fully saturated rings. The number of carbonyl (C=O) groups is 1. The minimum atomic E-state index is -0.418. The smallest absolute Gasteiger partial charge is 0.409 e. The second kappa shape index (κ2) is 18.2. The zero-order chi connectivity index (χ0) is 38.2. The predicted octanol–water partition coefficient (Wildman–Crippen LogP) is 9.09. The summed E-state index contributed by atoms with van der Waals surface area (Å²) in [4.78, 5) is 26.3. The molecule has 0 radical (unpaired) electrons. The zero-order valence-corrected chi connectivity index (χ0v) is 33.2. The monoisotopic (exact) mass is 724 g/mol. The third-order valence-electron chi connectivity index (χ3n) is 11.1. The number of nitrogens with one attached hydrogen (secondary N) is 2. The Labute approximate surface area is 316 Å². The first kappa shape index (κ1) is 39.9. The first-order valence-electron chi connectivity index (χ1n) is 19.6. The van der Waals surface area contributed by atoms with Gasteiger partial charge in [-0.2, -0.15) is 0 Å². The molecule has 5 aliphatic heterocycles. The first-order valence-corrected chi connectivity index (χ1v) is 19.6. The van der Waals surface area contributed by atoms with Crippen LogP contribution >= 0.6 is 0 Å². The Kier molecular flexibility index (Phi) is 13.7. The lowest BCUT2D eigenvalue weighted by molar-refractivity contribution is 0.0120. The van der Waals surface area contributed by atoms with E-state index in [-0.39, 0.29) is 6.79 Å². The van der Waals surface area contributed by atoms with E-state index in [4.69, 9.17) is 20.7 Å². The van der Waals surface area contributed by atoms with Crippen LogP contribution in [0.5, 0.6) is 0 Å². The topological polar surface area (TPSA) is 143 Å². The number of hydrogen-bond acceptors (Lipinski definition) is 9. The third kappa shape index (κ3) is 8.60. The molecule has 1 saturated heterocycles. The molecule has 286 valence electrons. The largest absolute Gasteiger partial charge is 0.511 e. The number of carbonyl (C=O) groups excluding carboxylic acids is 1. The van der Waals surface area contributed by atoms with Crippen LogP contribution < -0.4 is 16.4 Å². The number of hydrogen-bond donors (Lipinski definition) is 4. The summed E-state index contributed by atoms with van der Waals surface area (Å²) >= 11 is 0. The molecule has 10 heteroatoms. The molecule has 6 rings (SSSR count). The standard InChI is InChI=1S/C33H38N4O.C10H22N2O3/c1-8-11-22-18(6)26-13-24-16(4)20(9-2)28(34-24)14-25-17(5)21(10-3)29(35-25)15-27-19(7)31-30(38)12-23(32(22)36-26)33(31)37-27;1-14-9-15-10(13)12-8-6-4-2-3-5-7-11/h13-15,18,22,36,38H,8-12H2,1-7H3;2-9,11H2,1H3,(H,12,13)/t18-,22-;/m0./s1. The lowest BCUT2D eigenvalue weighted by Gasteiger charge is -2.17. The summed E-state index contributed by atoms with van der Waals surface area (Å²) in [6, 6.07) is 0. The number of unbranched alkanes of at least 4 members (excludes halogenated alkanes) is 4. The number of aliphatic hydroxyl groups excluding tert-OH is 1. The van der Waals surface area contributed by atoms with Gasteiger partial charge in [0, 0.05) is 54.5 Å². The summed E-state index contributed by atoms with van der Waals surface area (Å²) in [6.07, 6.45) is 16.2. The van der Waals surface area contributed by atoms with Crippen LogP contribution in [0.3, 0.4) is 0 Å². The van der Waals surface area contributed by atoms with Gasteiger partial charge in [-0.05, 0) is 106 Å². The maximum Gasteiger partial charge on any atom is 0.409 e. The van der Waals surface area contributed by atoms with Crippen LogP contribution in [0.1, 0.15) is 113 Å². The van der Waals surface area contributed by atoms with Crippen molar-refractivity contribution >= 4 is 23.2 Å². The second-order valence-corrected chi connectivity index (χ2v) is 14.6. The Hall–Kier alpha value is -4.28. The van der Waals surface area contributed by atoms with Gasteiger partial charge in [-0.25, -0.2) is 19.8 Å². The van der Waals surface area contributed by atoms with Crippen molar-refractivity contribution in [2.75, 3.05) is 27.0 Å². The number of ether oxygens (including phenoxy) is 2. The Morgan fingerprint density at radius 1 is 0.925 bits per heavy atom. The highest BCUT2D eigenvalue weighted by Crippen LogP contribution is 2.46. The number of aliphatic hydroxyl groups is 1. The molecular formula is C43H60N6O4. The molecule has 0 saturated carbocycles. The fourth-order valence-electron chi connectivity index (χ4n) is 8.07. The van der Waals surface area contributed by atoms with Crippen LogP contribution in [-0.4, -0.2) is 55.3 Å². The molecule has 0 spiro atoms. The highest BCUT2D eigenvalue weighted by Gasteiger charge is 2.41. The number of nitrogens with two attached hydrogens (primary N) is 1. The van der Waals surface area contributed by atoms with Crippen LogP contribution in [0.15, 0.2) is 106 Å². The van der Waals surface area contributed by atoms with Crippen molar-refractivity contribution in [3.8, 4) is 0 Å². The Morgan fingerprint density at radius 2 is 1.57 bits per heavy atom. The number of methoxy groups -OCH3 is 1. The Bertz CT molecular complexity index is 1830. The maximum atomic E-state index is 11.1. The average molecular weight is 725 g/mol. The van der Waals surface area contributed by atoms with E-state index in [0.717, 1.165) is 102 Å².